The van der Waals surface area contributed by atoms with E-state index in [4.69, 9.17) is 0 Å². The van der Waals surface area contributed by atoms with Crippen LogP contribution in [0.3, 0.4) is 0 Å². The number of piperidine rings is 1. The van der Waals surface area contributed by atoms with Gasteiger partial charge < -0.3 is 5.11 Å². The van der Waals surface area contributed by atoms with Gasteiger partial charge in [-0.15, -0.1) is 0 Å². The molecule has 134 valence electrons. The molecule has 0 amide bonds. The van der Waals surface area contributed by atoms with Crippen molar-refractivity contribution in [2.45, 2.75) is 56.3 Å². The minimum absolute atomic E-state index is 0.345. The van der Waals surface area contributed by atoms with Crippen LogP contribution in [0.1, 0.15) is 42.4 Å². The minimum Gasteiger partial charge on any atom is -0.389 e. The number of aliphatic hydroxyl groups is 1. The first-order valence-corrected chi connectivity index (χ1v) is 9.27. The van der Waals surface area contributed by atoms with E-state index in [1.54, 1.807) is 0 Å². The van der Waals surface area contributed by atoms with Gasteiger partial charge in [0.15, 0.2) is 0 Å². The molecule has 1 N–H and O–H groups in total. The summed E-state index contributed by atoms with van der Waals surface area (Å²) < 4.78 is 13.6. The van der Waals surface area contributed by atoms with Crippen LogP contribution in [0, 0.1) is 17.1 Å². The molecule has 4 heteroatoms. The molecule has 0 radical (unpaired) electrons. The lowest BCUT2D eigenvalue weighted by Gasteiger charge is -2.44. The molecule has 0 spiro atoms. The van der Waals surface area contributed by atoms with Gasteiger partial charge >= 0.3 is 0 Å². The van der Waals surface area contributed by atoms with E-state index < -0.39 is 5.60 Å². The molecule has 2 aliphatic rings. The second-order valence-electron chi connectivity index (χ2n) is 7.77. The third-order valence-electron chi connectivity index (χ3n) is 5.92. The van der Waals surface area contributed by atoms with Gasteiger partial charge in [0.2, 0.25) is 0 Å². The summed E-state index contributed by atoms with van der Waals surface area (Å²) in [6.07, 6.45) is 3.89. The van der Waals surface area contributed by atoms with E-state index in [0.29, 0.717) is 42.5 Å². The molecule has 2 aromatic carbocycles. The second kappa shape index (κ2) is 6.83. The highest BCUT2D eigenvalue weighted by Crippen LogP contribution is 2.43. The van der Waals surface area contributed by atoms with E-state index in [1.807, 2.05) is 6.07 Å². The predicted molar refractivity (Wildman–Crippen MR) is 97.8 cm³/mol. The van der Waals surface area contributed by atoms with E-state index in [-0.39, 0.29) is 5.82 Å². The SMILES string of the molecule is N#Cc1ccc(F)cc1CC1(O)CC2CCC(C1)N2Cc1ccccc1. The molecular weight excluding hydrogens is 327 g/mol. The molecule has 2 aromatic rings. The second-order valence-corrected chi connectivity index (χ2v) is 7.77. The third-order valence-corrected chi connectivity index (χ3v) is 5.92. The van der Waals surface area contributed by atoms with Gasteiger partial charge in [-0.25, -0.2) is 4.39 Å². The number of nitrogens with zero attached hydrogens (tertiary/aromatic N) is 2. The number of hydrogen-bond acceptors (Lipinski definition) is 3. The van der Waals surface area contributed by atoms with Crippen LogP contribution in [-0.4, -0.2) is 27.7 Å². The van der Waals surface area contributed by atoms with Crippen molar-refractivity contribution in [1.29, 1.82) is 5.26 Å². The summed E-state index contributed by atoms with van der Waals surface area (Å²) in [5, 5.41) is 20.5. The van der Waals surface area contributed by atoms with Gasteiger partial charge in [-0.2, -0.15) is 5.26 Å². The molecule has 2 aliphatic heterocycles. The van der Waals surface area contributed by atoms with E-state index in [0.717, 1.165) is 19.4 Å². The number of rotatable bonds is 4. The molecule has 0 aliphatic carbocycles. The van der Waals surface area contributed by atoms with Crippen LogP contribution in [0.15, 0.2) is 48.5 Å². The molecule has 2 fully saturated rings. The zero-order chi connectivity index (χ0) is 18.1. The van der Waals surface area contributed by atoms with Crippen molar-refractivity contribution in [3.05, 3.63) is 71.0 Å². The van der Waals surface area contributed by atoms with Crippen molar-refractivity contribution in [2.24, 2.45) is 0 Å². The Morgan fingerprint density at radius 1 is 1.12 bits per heavy atom. The molecule has 2 saturated heterocycles. The van der Waals surface area contributed by atoms with Crippen molar-refractivity contribution in [3.8, 4) is 6.07 Å². The fourth-order valence-corrected chi connectivity index (χ4v) is 4.78. The molecule has 2 heterocycles. The fraction of sp³-hybridized carbons (Fsp3) is 0.409. The fourth-order valence-electron chi connectivity index (χ4n) is 4.78. The highest BCUT2D eigenvalue weighted by atomic mass is 19.1. The van der Waals surface area contributed by atoms with Gasteiger partial charge in [-0.3, -0.25) is 4.90 Å². The van der Waals surface area contributed by atoms with E-state index in [2.05, 4.69) is 35.2 Å². The van der Waals surface area contributed by atoms with Crippen LogP contribution in [-0.2, 0) is 13.0 Å². The van der Waals surface area contributed by atoms with Crippen LogP contribution >= 0.6 is 0 Å². The van der Waals surface area contributed by atoms with Crippen LogP contribution in [0.25, 0.3) is 0 Å². The largest absolute Gasteiger partial charge is 0.389 e. The van der Waals surface area contributed by atoms with Gasteiger partial charge in [-0.05, 0) is 55.0 Å². The van der Waals surface area contributed by atoms with Crippen molar-refractivity contribution < 1.29 is 9.50 Å². The maximum Gasteiger partial charge on any atom is 0.123 e. The van der Waals surface area contributed by atoms with Crippen molar-refractivity contribution >= 4 is 0 Å². The Balaban J connectivity index is 1.51. The minimum atomic E-state index is -0.863. The Kier molecular flexibility index (Phi) is 4.52. The molecule has 2 unspecified atom stereocenters. The van der Waals surface area contributed by atoms with E-state index in [9.17, 15) is 14.8 Å². The van der Waals surface area contributed by atoms with Gasteiger partial charge in [0.25, 0.3) is 0 Å². The van der Waals surface area contributed by atoms with E-state index in [1.165, 1.54) is 23.8 Å². The smallest absolute Gasteiger partial charge is 0.123 e. The highest BCUT2D eigenvalue weighted by molar-refractivity contribution is 5.39. The van der Waals surface area contributed by atoms with Crippen molar-refractivity contribution in [2.75, 3.05) is 0 Å². The Morgan fingerprint density at radius 3 is 2.46 bits per heavy atom. The Labute approximate surface area is 153 Å². The quantitative estimate of drug-likeness (QED) is 0.912. The average molecular weight is 350 g/mol. The summed E-state index contributed by atoms with van der Waals surface area (Å²) in [5.41, 5.74) is 1.51. The average Bonchev–Trinajstić information content (AvgIpc) is 2.87. The highest BCUT2D eigenvalue weighted by Gasteiger charge is 2.47. The summed E-state index contributed by atoms with van der Waals surface area (Å²) >= 11 is 0. The van der Waals surface area contributed by atoms with Crippen molar-refractivity contribution in [1.82, 2.24) is 4.90 Å². The van der Waals surface area contributed by atoms with Gasteiger partial charge in [0.05, 0.1) is 17.2 Å². The Hall–Kier alpha value is -2.22. The summed E-state index contributed by atoms with van der Waals surface area (Å²) in [4.78, 5) is 2.51. The maximum absolute atomic E-state index is 13.6. The monoisotopic (exact) mass is 350 g/mol. The molecule has 2 bridgehead atoms. The first-order chi connectivity index (χ1) is 12.6. The lowest BCUT2D eigenvalue weighted by Crippen LogP contribution is -2.51. The van der Waals surface area contributed by atoms with Gasteiger partial charge in [0.1, 0.15) is 5.82 Å². The first kappa shape index (κ1) is 17.2. The summed E-state index contributed by atoms with van der Waals surface area (Å²) in [6.45, 7) is 0.912. The van der Waals surface area contributed by atoms with Crippen LogP contribution in [0.4, 0.5) is 4.39 Å². The number of benzene rings is 2. The lowest BCUT2D eigenvalue weighted by atomic mass is 9.80. The van der Waals surface area contributed by atoms with E-state index >= 15 is 0 Å². The molecule has 2 atom stereocenters. The van der Waals surface area contributed by atoms with Crippen LogP contribution < -0.4 is 0 Å². The summed E-state index contributed by atoms with van der Waals surface area (Å²) in [6, 6.07) is 17.5. The number of fused-ring (bicyclic) bond motifs is 2. The van der Waals surface area contributed by atoms with Gasteiger partial charge in [0, 0.05) is 25.0 Å². The molecule has 0 aromatic heterocycles. The first-order valence-electron chi connectivity index (χ1n) is 9.27. The molecule has 3 nitrogen and oxygen atoms in total. The zero-order valence-corrected chi connectivity index (χ0v) is 14.7. The molecule has 0 saturated carbocycles. The zero-order valence-electron chi connectivity index (χ0n) is 14.7. The number of nitriles is 1. The topological polar surface area (TPSA) is 47.3 Å². The summed E-state index contributed by atoms with van der Waals surface area (Å²) in [7, 11) is 0. The van der Waals surface area contributed by atoms with Crippen LogP contribution in [0.2, 0.25) is 0 Å². The predicted octanol–water partition coefficient (Wildman–Crippen LogP) is 3.80. The lowest BCUT2D eigenvalue weighted by molar-refractivity contribution is -0.0540. The Bertz CT molecular complexity index is 816. The van der Waals surface area contributed by atoms with Gasteiger partial charge in [-0.1, -0.05) is 30.3 Å². The summed E-state index contributed by atoms with van der Waals surface area (Å²) in [5.74, 6) is -0.355. The number of hydrogen-bond donors (Lipinski definition) is 1. The standard InChI is InChI=1S/C22H23FN2O/c23-19-7-6-17(14-24)18(10-19)11-22(26)12-20-8-9-21(13-22)25(20)15-16-4-2-1-3-5-16/h1-7,10,20-21,26H,8-9,11-13,15H2. The molecule has 4 rings (SSSR count). The van der Waals surface area contributed by atoms with Crippen molar-refractivity contribution in [3.63, 3.8) is 0 Å². The molecule has 26 heavy (non-hydrogen) atoms. The normalized spacial score (nSPS) is 28.0. The van der Waals surface area contributed by atoms with Crippen LogP contribution in [0.5, 0.6) is 0 Å². The number of halogens is 1. The third kappa shape index (κ3) is 3.38. The maximum atomic E-state index is 13.6. The Morgan fingerprint density at radius 2 is 1.81 bits per heavy atom. The molecular formula is C22H23FN2O.